The van der Waals surface area contributed by atoms with Crippen molar-refractivity contribution in [1.82, 2.24) is 26.1 Å². The molecule has 3 heterocycles. The standard InChI is InChI=1S/C20H23F2N5O/c21-15-8-14(9-16(22)10-15)20(28)24-17-2-1-7-27(12-17)19-11-18(25-26-19)13-3-5-23-6-4-13/h3-6,8-10,17-19,25-26H,1-2,7,11-12H2,(H,24,28). The topological polar surface area (TPSA) is 69.3 Å². The molecule has 3 atom stereocenters. The summed E-state index contributed by atoms with van der Waals surface area (Å²) in [4.78, 5) is 18.7. The molecule has 2 aromatic rings. The Labute approximate surface area is 162 Å². The highest BCUT2D eigenvalue weighted by Gasteiger charge is 2.32. The molecule has 8 heteroatoms. The summed E-state index contributed by atoms with van der Waals surface area (Å²) in [7, 11) is 0. The van der Waals surface area contributed by atoms with Crippen LogP contribution < -0.4 is 16.2 Å². The van der Waals surface area contributed by atoms with Crippen LogP contribution >= 0.6 is 0 Å². The minimum absolute atomic E-state index is 0.00744. The Morgan fingerprint density at radius 3 is 2.64 bits per heavy atom. The van der Waals surface area contributed by atoms with Gasteiger partial charge in [-0.2, -0.15) is 0 Å². The Balaban J connectivity index is 1.35. The molecule has 28 heavy (non-hydrogen) atoms. The Hall–Kier alpha value is -2.42. The molecular formula is C20H23F2N5O. The highest BCUT2D eigenvalue weighted by Crippen LogP contribution is 2.25. The quantitative estimate of drug-likeness (QED) is 0.750. The number of carbonyl (C=O) groups excluding carboxylic acids is 1. The SMILES string of the molecule is O=C(NC1CCCN(C2CC(c3ccncc3)NN2)C1)c1cc(F)cc(F)c1. The van der Waals surface area contributed by atoms with Crippen molar-refractivity contribution in [2.24, 2.45) is 0 Å². The van der Waals surface area contributed by atoms with E-state index in [2.05, 4.69) is 26.1 Å². The highest BCUT2D eigenvalue weighted by atomic mass is 19.1. The van der Waals surface area contributed by atoms with E-state index in [-0.39, 0.29) is 23.8 Å². The molecule has 6 nitrogen and oxygen atoms in total. The lowest BCUT2D eigenvalue weighted by Crippen LogP contribution is -2.54. The first kappa shape index (κ1) is 18.9. The van der Waals surface area contributed by atoms with Crippen LogP contribution in [0.5, 0.6) is 0 Å². The third-order valence-corrected chi connectivity index (χ3v) is 5.35. The minimum Gasteiger partial charge on any atom is -0.348 e. The molecule has 2 fully saturated rings. The zero-order valence-corrected chi connectivity index (χ0v) is 15.4. The zero-order chi connectivity index (χ0) is 19.5. The number of rotatable bonds is 4. The van der Waals surface area contributed by atoms with Crippen molar-refractivity contribution in [3.63, 3.8) is 0 Å². The maximum atomic E-state index is 13.4. The van der Waals surface area contributed by atoms with E-state index in [4.69, 9.17) is 0 Å². The number of nitrogens with zero attached hydrogens (tertiary/aromatic N) is 2. The second kappa shape index (κ2) is 8.30. The van der Waals surface area contributed by atoms with Gasteiger partial charge in [-0.25, -0.2) is 19.6 Å². The lowest BCUT2D eigenvalue weighted by atomic mass is 10.0. The lowest BCUT2D eigenvalue weighted by molar-refractivity contribution is 0.0855. The van der Waals surface area contributed by atoms with E-state index in [0.29, 0.717) is 6.54 Å². The van der Waals surface area contributed by atoms with E-state index in [1.165, 1.54) is 5.56 Å². The van der Waals surface area contributed by atoms with Crippen molar-refractivity contribution in [3.05, 3.63) is 65.5 Å². The summed E-state index contributed by atoms with van der Waals surface area (Å²) in [5, 5.41) is 2.92. The van der Waals surface area contributed by atoms with Crippen molar-refractivity contribution >= 4 is 5.91 Å². The number of amides is 1. The van der Waals surface area contributed by atoms with E-state index in [1.807, 2.05) is 12.1 Å². The van der Waals surface area contributed by atoms with Crippen LogP contribution in [0.4, 0.5) is 8.78 Å². The van der Waals surface area contributed by atoms with Gasteiger partial charge in [-0.3, -0.25) is 14.7 Å². The van der Waals surface area contributed by atoms with Gasteiger partial charge in [0.2, 0.25) is 0 Å². The van der Waals surface area contributed by atoms with Crippen molar-refractivity contribution < 1.29 is 13.6 Å². The van der Waals surface area contributed by atoms with Gasteiger partial charge in [0.25, 0.3) is 5.91 Å². The van der Waals surface area contributed by atoms with Crippen LogP contribution in [0.1, 0.15) is 41.2 Å². The first-order valence-corrected chi connectivity index (χ1v) is 9.50. The van der Waals surface area contributed by atoms with E-state index in [9.17, 15) is 13.6 Å². The molecule has 2 aliphatic rings. The van der Waals surface area contributed by atoms with Crippen molar-refractivity contribution in [2.75, 3.05) is 13.1 Å². The van der Waals surface area contributed by atoms with Crippen molar-refractivity contribution in [3.8, 4) is 0 Å². The second-order valence-corrected chi connectivity index (χ2v) is 7.34. The van der Waals surface area contributed by atoms with Crippen LogP contribution in [0.15, 0.2) is 42.7 Å². The number of hydrogen-bond donors (Lipinski definition) is 3. The average molecular weight is 387 g/mol. The third kappa shape index (κ3) is 4.35. The molecule has 3 N–H and O–H groups in total. The molecule has 2 saturated heterocycles. The summed E-state index contributed by atoms with van der Waals surface area (Å²) < 4.78 is 26.7. The minimum atomic E-state index is -0.751. The van der Waals surface area contributed by atoms with Gasteiger partial charge in [0.1, 0.15) is 11.6 Å². The number of benzene rings is 1. The number of piperidine rings is 1. The van der Waals surface area contributed by atoms with Gasteiger partial charge in [-0.05, 0) is 55.6 Å². The Morgan fingerprint density at radius 1 is 1.14 bits per heavy atom. The average Bonchev–Trinajstić information content (AvgIpc) is 3.18. The van der Waals surface area contributed by atoms with Crippen LogP contribution in [0.25, 0.3) is 0 Å². The summed E-state index contributed by atoms with van der Waals surface area (Å²) in [6, 6.07) is 7.02. The van der Waals surface area contributed by atoms with Crippen LogP contribution in [-0.4, -0.2) is 41.1 Å². The van der Waals surface area contributed by atoms with Crippen LogP contribution in [-0.2, 0) is 0 Å². The van der Waals surface area contributed by atoms with Gasteiger partial charge in [-0.1, -0.05) is 0 Å². The van der Waals surface area contributed by atoms with Gasteiger partial charge in [-0.15, -0.1) is 0 Å². The maximum Gasteiger partial charge on any atom is 0.251 e. The Morgan fingerprint density at radius 2 is 1.89 bits per heavy atom. The summed E-state index contributed by atoms with van der Waals surface area (Å²) in [6.07, 6.45) is 6.41. The van der Waals surface area contributed by atoms with Gasteiger partial charge in [0.15, 0.2) is 0 Å². The van der Waals surface area contributed by atoms with E-state index in [1.54, 1.807) is 12.4 Å². The molecule has 0 radical (unpaired) electrons. The first-order valence-electron chi connectivity index (χ1n) is 9.50. The molecule has 0 spiro atoms. The van der Waals surface area contributed by atoms with Crippen LogP contribution in [0, 0.1) is 11.6 Å². The van der Waals surface area contributed by atoms with E-state index in [0.717, 1.165) is 44.0 Å². The smallest absolute Gasteiger partial charge is 0.251 e. The monoisotopic (exact) mass is 387 g/mol. The molecule has 1 amide bonds. The number of carbonyl (C=O) groups is 1. The first-order chi connectivity index (χ1) is 13.6. The molecule has 0 bridgehead atoms. The molecule has 4 rings (SSSR count). The Kier molecular flexibility index (Phi) is 5.61. The van der Waals surface area contributed by atoms with Crippen molar-refractivity contribution in [1.29, 1.82) is 0 Å². The molecule has 0 saturated carbocycles. The normalized spacial score (nSPS) is 25.6. The second-order valence-electron chi connectivity index (χ2n) is 7.34. The lowest BCUT2D eigenvalue weighted by Gasteiger charge is -2.36. The predicted octanol–water partition coefficient (Wildman–Crippen LogP) is 2.12. The van der Waals surface area contributed by atoms with E-state index >= 15 is 0 Å². The maximum absolute atomic E-state index is 13.4. The number of pyridine rings is 1. The number of hydrogen-bond acceptors (Lipinski definition) is 5. The Bertz CT molecular complexity index is 814. The fourth-order valence-corrected chi connectivity index (χ4v) is 3.95. The van der Waals surface area contributed by atoms with Crippen LogP contribution in [0.2, 0.25) is 0 Å². The third-order valence-electron chi connectivity index (χ3n) is 5.35. The summed E-state index contributed by atoms with van der Waals surface area (Å²) >= 11 is 0. The van der Waals surface area contributed by atoms with Gasteiger partial charge < -0.3 is 5.32 Å². The predicted molar refractivity (Wildman–Crippen MR) is 100 cm³/mol. The molecule has 2 aliphatic heterocycles. The number of likely N-dealkylation sites (tertiary alicyclic amines) is 1. The summed E-state index contributed by atoms with van der Waals surface area (Å²) in [5.74, 6) is -1.95. The number of aromatic nitrogens is 1. The largest absolute Gasteiger partial charge is 0.348 e. The fraction of sp³-hybridized carbons (Fsp3) is 0.400. The van der Waals surface area contributed by atoms with Gasteiger partial charge >= 0.3 is 0 Å². The molecule has 1 aromatic carbocycles. The molecule has 1 aromatic heterocycles. The number of nitrogens with one attached hydrogen (secondary N) is 3. The summed E-state index contributed by atoms with van der Waals surface area (Å²) in [6.45, 7) is 1.62. The molecule has 148 valence electrons. The number of halogens is 2. The van der Waals surface area contributed by atoms with Crippen LogP contribution in [0.3, 0.4) is 0 Å². The van der Waals surface area contributed by atoms with E-state index < -0.39 is 17.5 Å². The van der Waals surface area contributed by atoms with Crippen molar-refractivity contribution in [2.45, 2.75) is 37.5 Å². The van der Waals surface area contributed by atoms with Gasteiger partial charge in [0, 0.05) is 42.7 Å². The fourth-order valence-electron chi connectivity index (χ4n) is 3.95. The van der Waals surface area contributed by atoms with Gasteiger partial charge in [0.05, 0.1) is 6.17 Å². The highest BCUT2D eigenvalue weighted by molar-refractivity contribution is 5.94. The molecule has 3 unspecified atom stereocenters. The summed E-state index contributed by atoms with van der Waals surface area (Å²) in [5.41, 5.74) is 7.85. The molecular weight excluding hydrogens is 364 g/mol. The zero-order valence-electron chi connectivity index (χ0n) is 15.4. The molecule has 0 aliphatic carbocycles. The number of hydrazine groups is 1.